The number of hydrogen-bond donors (Lipinski definition) is 0. The Kier molecular flexibility index (Phi) is 5.49. The van der Waals surface area contributed by atoms with Crippen molar-refractivity contribution in [2.75, 3.05) is 0 Å². The molecule has 1 aliphatic rings. The van der Waals surface area contributed by atoms with Gasteiger partial charge in [0.05, 0.1) is 5.57 Å². The van der Waals surface area contributed by atoms with E-state index in [9.17, 15) is 18.0 Å². The number of hydrogen-bond acceptors (Lipinski definition) is 3. The third-order valence-corrected chi connectivity index (χ3v) is 4.77. The summed E-state index contributed by atoms with van der Waals surface area (Å²) in [7, 11) is 0. The lowest BCUT2D eigenvalue weighted by molar-refractivity contribution is -0.188. The average Bonchev–Trinajstić information content (AvgIpc) is 2.64. The number of halogens is 3. The molecule has 3 nitrogen and oxygen atoms in total. The Morgan fingerprint density at radius 1 is 1.14 bits per heavy atom. The Morgan fingerprint density at radius 2 is 1.86 bits per heavy atom. The molecule has 2 aromatic rings. The molecule has 0 aliphatic carbocycles. The topological polar surface area (TPSA) is 35.5 Å². The minimum absolute atomic E-state index is 0.0995. The molecule has 1 aliphatic heterocycles. The summed E-state index contributed by atoms with van der Waals surface area (Å²) in [6.07, 6.45) is -6.83. The number of carbonyl (C=O) groups is 1. The summed E-state index contributed by atoms with van der Waals surface area (Å²) in [6.45, 7) is 5.41. The summed E-state index contributed by atoms with van der Waals surface area (Å²) in [5, 5.41) is 0. The number of benzene rings is 2. The number of alkyl halides is 3. The van der Waals surface area contributed by atoms with Gasteiger partial charge in [-0.3, -0.25) is 0 Å². The van der Waals surface area contributed by atoms with E-state index in [4.69, 9.17) is 9.47 Å². The van der Waals surface area contributed by atoms with Crippen molar-refractivity contribution in [3.8, 4) is 5.75 Å². The molecule has 1 atom stereocenters. The smallest absolute Gasteiger partial charge is 0.430 e. The Hall–Kier alpha value is -2.76. The number of rotatable bonds is 4. The monoisotopic (exact) mass is 390 g/mol. The summed E-state index contributed by atoms with van der Waals surface area (Å²) in [5.41, 5.74) is 3.03. The summed E-state index contributed by atoms with van der Waals surface area (Å²) < 4.78 is 51.4. The van der Waals surface area contributed by atoms with Crippen LogP contribution in [0.25, 0.3) is 5.57 Å². The van der Waals surface area contributed by atoms with Crippen LogP contribution < -0.4 is 4.74 Å². The van der Waals surface area contributed by atoms with Crippen LogP contribution in [0.3, 0.4) is 0 Å². The molecule has 6 heteroatoms. The number of fused-ring (bicyclic) bond motifs is 1. The van der Waals surface area contributed by atoms with E-state index in [0.29, 0.717) is 11.1 Å². The largest absolute Gasteiger partial charge is 0.475 e. The second-order valence-corrected chi connectivity index (χ2v) is 6.79. The molecule has 0 saturated heterocycles. The minimum Gasteiger partial charge on any atom is -0.475 e. The van der Waals surface area contributed by atoms with Gasteiger partial charge in [-0.1, -0.05) is 48.9 Å². The highest BCUT2D eigenvalue weighted by atomic mass is 19.4. The van der Waals surface area contributed by atoms with Crippen LogP contribution in [0.1, 0.15) is 35.6 Å². The molecule has 0 spiro atoms. The van der Waals surface area contributed by atoms with Gasteiger partial charge >= 0.3 is 12.1 Å². The molecule has 1 unspecified atom stereocenters. The van der Waals surface area contributed by atoms with E-state index in [1.54, 1.807) is 31.2 Å². The fourth-order valence-corrected chi connectivity index (χ4v) is 3.38. The van der Waals surface area contributed by atoms with Crippen molar-refractivity contribution >= 4 is 11.5 Å². The van der Waals surface area contributed by atoms with Crippen molar-refractivity contribution < 1.29 is 27.4 Å². The SMILES string of the molecule is CCC1=C(C(=O)OCc2ccc(C)cc2C)C(C(F)(F)F)Oc2ccccc21. The van der Waals surface area contributed by atoms with Crippen LogP contribution >= 0.6 is 0 Å². The number of esters is 1. The summed E-state index contributed by atoms with van der Waals surface area (Å²) in [5.74, 6) is -0.888. The third-order valence-electron chi connectivity index (χ3n) is 4.77. The zero-order valence-corrected chi connectivity index (χ0v) is 15.9. The summed E-state index contributed by atoms with van der Waals surface area (Å²) >= 11 is 0. The standard InChI is InChI=1S/C22H21F3O3/c1-4-16-17-7-5-6-8-18(17)28-20(22(23,24)25)19(16)21(26)27-12-15-10-9-13(2)11-14(15)3/h5-11,20H,4,12H2,1-3H3. The Bertz CT molecular complexity index is 929. The first-order valence-electron chi connectivity index (χ1n) is 9.01. The fourth-order valence-electron chi connectivity index (χ4n) is 3.38. The molecule has 0 fully saturated rings. The van der Waals surface area contributed by atoms with Gasteiger partial charge < -0.3 is 9.47 Å². The van der Waals surface area contributed by atoms with Gasteiger partial charge in [-0.2, -0.15) is 13.2 Å². The summed E-state index contributed by atoms with van der Waals surface area (Å²) in [6, 6.07) is 12.0. The van der Waals surface area contributed by atoms with Crippen LogP contribution in [0.2, 0.25) is 0 Å². The van der Waals surface area contributed by atoms with Crippen molar-refractivity contribution in [3.63, 3.8) is 0 Å². The van der Waals surface area contributed by atoms with Crippen LogP contribution in [0.4, 0.5) is 13.2 Å². The van der Waals surface area contributed by atoms with Crippen molar-refractivity contribution in [1.29, 1.82) is 0 Å². The van der Waals surface area contributed by atoms with Crippen LogP contribution in [0.15, 0.2) is 48.0 Å². The lowest BCUT2D eigenvalue weighted by Crippen LogP contribution is -2.41. The van der Waals surface area contributed by atoms with Gasteiger partial charge in [-0.25, -0.2) is 4.79 Å². The molecule has 0 N–H and O–H groups in total. The van der Waals surface area contributed by atoms with E-state index >= 15 is 0 Å². The maximum absolute atomic E-state index is 13.7. The van der Waals surface area contributed by atoms with Gasteiger partial charge in [0.1, 0.15) is 12.4 Å². The predicted octanol–water partition coefficient (Wildman–Crippen LogP) is 5.53. The zero-order chi connectivity index (χ0) is 20.5. The van der Waals surface area contributed by atoms with E-state index in [0.717, 1.165) is 16.7 Å². The number of aryl methyl sites for hydroxylation is 2. The highest BCUT2D eigenvalue weighted by Gasteiger charge is 2.50. The summed E-state index contributed by atoms with van der Waals surface area (Å²) in [4.78, 5) is 12.7. The second-order valence-electron chi connectivity index (χ2n) is 6.79. The first-order valence-corrected chi connectivity index (χ1v) is 9.01. The third kappa shape index (κ3) is 3.91. The Balaban J connectivity index is 1.96. The molecular formula is C22H21F3O3. The molecule has 148 valence electrons. The van der Waals surface area contributed by atoms with Crippen molar-refractivity contribution in [2.24, 2.45) is 0 Å². The van der Waals surface area contributed by atoms with E-state index in [1.165, 1.54) is 6.07 Å². The van der Waals surface area contributed by atoms with Crippen LogP contribution in [0, 0.1) is 13.8 Å². The second kappa shape index (κ2) is 7.70. The van der Waals surface area contributed by atoms with Crippen LogP contribution in [-0.4, -0.2) is 18.2 Å². The Morgan fingerprint density at radius 3 is 2.50 bits per heavy atom. The van der Waals surface area contributed by atoms with Gasteiger partial charge in [-0.15, -0.1) is 0 Å². The number of allylic oxidation sites excluding steroid dienone is 1. The molecule has 1 heterocycles. The van der Waals surface area contributed by atoms with Gasteiger partial charge in [0.2, 0.25) is 6.10 Å². The van der Waals surface area contributed by atoms with Gasteiger partial charge in [-0.05, 0) is 43.0 Å². The molecule has 0 amide bonds. The quantitative estimate of drug-likeness (QED) is 0.644. The highest BCUT2D eigenvalue weighted by molar-refractivity contribution is 6.00. The molecule has 0 bridgehead atoms. The molecule has 3 rings (SSSR count). The zero-order valence-electron chi connectivity index (χ0n) is 15.9. The number of carbonyl (C=O) groups excluding carboxylic acids is 1. The molecular weight excluding hydrogens is 369 g/mol. The van der Waals surface area contributed by atoms with E-state index < -0.39 is 23.8 Å². The van der Waals surface area contributed by atoms with Crippen LogP contribution in [-0.2, 0) is 16.1 Å². The van der Waals surface area contributed by atoms with Gasteiger partial charge in [0.25, 0.3) is 0 Å². The Labute approximate surface area is 161 Å². The van der Waals surface area contributed by atoms with E-state index in [2.05, 4.69) is 0 Å². The van der Waals surface area contributed by atoms with Gasteiger partial charge in [0, 0.05) is 5.56 Å². The van der Waals surface area contributed by atoms with Gasteiger partial charge in [0.15, 0.2) is 0 Å². The van der Waals surface area contributed by atoms with Crippen molar-refractivity contribution in [3.05, 3.63) is 70.3 Å². The molecule has 0 saturated carbocycles. The minimum atomic E-state index is -4.73. The molecule has 0 radical (unpaired) electrons. The average molecular weight is 390 g/mol. The highest BCUT2D eigenvalue weighted by Crippen LogP contribution is 2.43. The predicted molar refractivity (Wildman–Crippen MR) is 99.8 cm³/mol. The lowest BCUT2D eigenvalue weighted by Gasteiger charge is -2.31. The molecule has 2 aromatic carbocycles. The van der Waals surface area contributed by atoms with Crippen molar-refractivity contribution in [1.82, 2.24) is 0 Å². The lowest BCUT2D eigenvalue weighted by atomic mass is 9.90. The first kappa shape index (κ1) is 20.0. The van der Waals surface area contributed by atoms with Crippen molar-refractivity contribution in [2.45, 2.75) is 46.1 Å². The first-order chi connectivity index (χ1) is 13.2. The maximum Gasteiger partial charge on any atom is 0.430 e. The molecule has 0 aromatic heterocycles. The fraction of sp³-hybridized carbons (Fsp3) is 0.318. The normalized spacial score (nSPS) is 16.4. The number of ether oxygens (including phenoxy) is 2. The van der Waals surface area contributed by atoms with E-state index in [1.807, 2.05) is 26.0 Å². The van der Waals surface area contributed by atoms with Crippen LogP contribution in [0.5, 0.6) is 5.75 Å². The maximum atomic E-state index is 13.7. The van der Waals surface area contributed by atoms with E-state index in [-0.39, 0.29) is 18.8 Å². The number of para-hydroxylation sites is 1. The molecule has 28 heavy (non-hydrogen) atoms.